The second-order valence-corrected chi connectivity index (χ2v) is 4.65. The lowest BCUT2D eigenvalue weighted by molar-refractivity contribution is 0.179. The first-order chi connectivity index (χ1) is 7.90. The second kappa shape index (κ2) is 6.02. The van der Waals surface area contributed by atoms with Crippen LogP contribution >= 0.6 is 0 Å². The highest BCUT2D eigenvalue weighted by atomic mass is 16.3. The first-order valence-electron chi connectivity index (χ1n) is 6.28. The van der Waals surface area contributed by atoms with Gasteiger partial charge in [-0.2, -0.15) is 0 Å². The van der Waals surface area contributed by atoms with E-state index < -0.39 is 0 Å². The van der Waals surface area contributed by atoms with Crippen LogP contribution in [0.3, 0.4) is 0 Å². The molecule has 16 heavy (non-hydrogen) atoms. The zero-order chi connectivity index (χ0) is 11.2. The molecule has 0 saturated carbocycles. The van der Waals surface area contributed by atoms with Gasteiger partial charge in [0.15, 0.2) is 0 Å². The monoisotopic (exact) mass is 219 g/mol. The third kappa shape index (κ3) is 3.06. The molecule has 88 valence electrons. The van der Waals surface area contributed by atoms with E-state index in [4.69, 9.17) is 0 Å². The Morgan fingerprint density at radius 1 is 1.06 bits per heavy atom. The molecule has 0 amide bonds. The molecule has 0 bridgehead atoms. The Balaban J connectivity index is 1.94. The van der Waals surface area contributed by atoms with E-state index in [0.29, 0.717) is 0 Å². The number of aliphatic hydroxyl groups excluding tert-OH is 1. The summed E-state index contributed by atoms with van der Waals surface area (Å²) in [5.74, 6) is 0.277. The van der Waals surface area contributed by atoms with Gasteiger partial charge in [0, 0.05) is 12.5 Å². The summed E-state index contributed by atoms with van der Waals surface area (Å²) in [7, 11) is 0. The van der Waals surface area contributed by atoms with Gasteiger partial charge < -0.3 is 10.0 Å². The van der Waals surface area contributed by atoms with Crippen LogP contribution in [0.5, 0.6) is 0 Å². The lowest BCUT2D eigenvalue weighted by atomic mass is 9.98. The van der Waals surface area contributed by atoms with Crippen LogP contribution in [0, 0.1) is 0 Å². The van der Waals surface area contributed by atoms with Crippen molar-refractivity contribution in [1.82, 2.24) is 4.90 Å². The number of rotatable bonds is 4. The van der Waals surface area contributed by atoms with Crippen molar-refractivity contribution in [2.45, 2.75) is 25.2 Å². The summed E-state index contributed by atoms with van der Waals surface area (Å²) in [6.45, 7) is 3.65. The molecular formula is C14H21NO. The van der Waals surface area contributed by atoms with Crippen LogP contribution < -0.4 is 0 Å². The zero-order valence-corrected chi connectivity index (χ0v) is 9.81. The topological polar surface area (TPSA) is 23.5 Å². The van der Waals surface area contributed by atoms with Gasteiger partial charge in [0.05, 0.1) is 6.61 Å². The number of likely N-dealkylation sites (tertiary alicyclic amines) is 1. The van der Waals surface area contributed by atoms with Gasteiger partial charge in [-0.1, -0.05) is 36.8 Å². The standard InChI is InChI=1S/C14H21NO/c16-12-14(13-7-3-1-4-8-13)11-15-9-5-2-6-10-15/h1,3-4,7-8,14,16H,2,5-6,9-12H2/t14-/m0/s1. The number of hydrogen-bond acceptors (Lipinski definition) is 2. The largest absolute Gasteiger partial charge is 0.396 e. The molecule has 0 unspecified atom stereocenters. The third-order valence-electron chi connectivity index (χ3n) is 3.42. The Morgan fingerprint density at radius 2 is 1.75 bits per heavy atom. The molecule has 1 aromatic rings. The van der Waals surface area contributed by atoms with Crippen molar-refractivity contribution in [3.63, 3.8) is 0 Å². The van der Waals surface area contributed by atoms with E-state index in [1.807, 2.05) is 18.2 Å². The van der Waals surface area contributed by atoms with E-state index in [1.54, 1.807) is 0 Å². The Morgan fingerprint density at radius 3 is 2.38 bits per heavy atom. The van der Waals surface area contributed by atoms with Crippen LogP contribution in [0.4, 0.5) is 0 Å². The van der Waals surface area contributed by atoms with Crippen LogP contribution in [0.15, 0.2) is 30.3 Å². The second-order valence-electron chi connectivity index (χ2n) is 4.65. The highest BCUT2D eigenvalue weighted by molar-refractivity contribution is 5.19. The fraction of sp³-hybridized carbons (Fsp3) is 0.571. The quantitative estimate of drug-likeness (QED) is 0.839. The Bertz CT molecular complexity index is 293. The number of hydrogen-bond donors (Lipinski definition) is 1. The molecule has 1 aromatic carbocycles. The van der Waals surface area contributed by atoms with Crippen LogP contribution in [-0.2, 0) is 0 Å². The Labute approximate surface area is 97.9 Å². The van der Waals surface area contributed by atoms with E-state index >= 15 is 0 Å². The molecule has 1 N–H and O–H groups in total. The minimum absolute atomic E-state index is 0.251. The van der Waals surface area contributed by atoms with Crippen molar-refractivity contribution in [2.24, 2.45) is 0 Å². The maximum atomic E-state index is 9.48. The molecule has 0 aliphatic carbocycles. The van der Waals surface area contributed by atoms with Gasteiger partial charge in [-0.3, -0.25) is 0 Å². The molecule has 1 heterocycles. The van der Waals surface area contributed by atoms with Crippen molar-refractivity contribution in [2.75, 3.05) is 26.2 Å². The normalized spacial score (nSPS) is 19.6. The first kappa shape index (κ1) is 11.6. The lowest BCUT2D eigenvalue weighted by Gasteiger charge is -2.29. The van der Waals surface area contributed by atoms with E-state index in [9.17, 15) is 5.11 Å². The predicted octanol–water partition coefficient (Wildman–Crippen LogP) is 2.25. The third-order valence-corrected chi connectivity index (χ3v) is 3.42. The molecule has 2 rings (SSSR count). The maximum absolute atomic E-state index is 9.48. The van der Waals surface area contributed by atoms with Gasteiger partial charge in [-0.15, -0.1) is 0 Å². The molecular weight excluding hydrogens is 198 g/mol. The summed E-state index contributed by atoms with van der Waals surface area (Å²) in [4.78, 5) is 2.48. The molecule has 1 saturated heterocycles. The Kier molecular flexibility index (Phi) is 4.37. The minimum atomic E-state index is 0.251. The highest BCUT2D eigenvalue weighted by Crippen LogP contribution is 2.18. The van der Waals surface area contributed by atoms with Gasteiger partial charge in [0.1, 0.15) is 0 Å². The summed E-state index contributed by atoms with van der Waals surface area (Å²) in [5, 5.41) is 9.48. The number of piperidine rings is 1. The summed E-state index contributed by atoms with van der Waals surface area (Å²) in [5.41, 5.74) is 1.26. The smallest absolute Gasteiger partial charge is 0.0512 e. The molecule has 1 aliphatic heterocycles. The van der Waals surface area contributed by atoms with Gasteiger partial charge in [0.25, 0.3) is 0 Å². The van der Waals surface area contributed by atoms with E-state index in [0.717, 1.165) is 6.54 Å². The molecule has 1 atom stereocenters. The molecule has 0 radical (unpaired) electrons. The average Bonchev–Trinajstić information content (AvgIpc) is 2.38. The fourth-order valence-corrected chi connectivity index (χ4v) is 2.45. The van der Waals surface area contributed by atoms with Crippen LogP contribution in [0.25, 0.3) is 0 Å². The van der Waals surface area contributed by atoms with E-state index in [1.165, 1.54) is 37.9 Å². The minimum Gasteiger partial charge on any atom is -0.396 e. The van der Waals surface area contributed by atoms with Crippen molar-refractivity contribution >= 4 is 0 Å². The first-order valence-corrected chi connectivity index (χ1v) is 6.28. The number of nitrogens with zero attached hydrogens (tertiary/aromatic N) is 1. The number of benzene rings is 1. The summed E-state index contributed by atoms with van der Waals surface area (Å²) >= 11 is 0. The predicted molar refractivity (Wildman–Crippen MR) is 66.6 cm³/mol. The van der Waals surface area contributed by atoms with E-state index in [2.05, 4.69) is 17.0 Å². The van der Waals surface area contributed by atoms with Crippen molar-refractivity contribution in [1.29, 1.82) is 0 Å². The molecule has 1 fully saturated rings. The van der Waals surface area contributed by atoms with Crippen molar-refractivity contribution in [3.8, 4) is 0 Å². The SMILES string of the molecule is OC[C@H](CN1CCCCC1)c1ccccc1. The van der Waals surface area contributed by atoms with E-state index in [-0.39, 0.29) is 12.5 Å². The summed E-state index contributed by atoms with van der Waals surface area (Å²) in [6, 6.07) is 10.4. The molecule has 0 spiro atoms. The summed E-state index contributed by atoms with van der Waals surface area (Å²) in [6.07, 6.45) is 3.99. The van der Waals surface area contributed by atoms with Crippen molar-refractivity contribution < 1.29 is 5.11 Å². The molecule has 1 aliphatic rings. The fourth-order valence-electron chi connectivity index (χ4n) is 2.45. The lowest BCUT2D eigenvalue weighted by Crippen LogP contribution is -2.34. The maximum Gasteiger partial charge on any atom is 0.0512 e. The zero-order valence-electron chi connectivity index (χ0n) is 9.81. The van der Waals surface area contributed by atoms with Gasteiger partial charge in [0.2, 0.25) is 0 Å². The average molecular weight is 219 g/mol. The van der Waals surface area contributed by atoms with Crippen molar-refractivity contribution in [3.05, 3.63) is 35.9 Å². The van der Waals surface area contributed by atoms with Crippen LogP contribution in [-0.4, -0.2) is 36.2 Å². The van der Waals surface area contributed by atoms with Crippen LogP contribution in [0.2, 0.25) is 0 Å². The van der Waals surface area contributed by atoms with Crippen LogP contribution in [0.1, 0.15) is 30.7 Å². The number of aliphatic hydroxyl groups is 1. The molecule has 0 aromatic heterocycles. The van der Waals surface area contributed by atoms with Gasteiger partial charge >= 0.3 is 0 Å². The summed E-state index contributed by atoms with van der Waals surface area (Å²) < 4.78 is 0. The molecule has 2 nitrogen and oxygen atoms in total. The van der Waals surface area contributed by atoms with Gasteiger partial charge in [-0.25, -0.2) is 0 Å². The molecule has 2 heteroatoms. The highest BCUT2D eigenvalue weighted by Gasteiger charge is 2.16. The Hall–Kier alpha value is -0.860. The van der Waals surface area contributed by atoms with Gasteiger partial charge in [-0.05, 0) is 31.5 Å².